The van der Waals surface area contributed by atoms with E-state index in [0.29, 0.717) is 24.0 Å². The summed E-state index contributed by atoms with van der Waals surface area (Å²) in [5.41, 5.74) is 7.77. The fraction of sp³-hybridized carbons (Fsp3) is 0.214. The van der Waals surface area contributed by atoms with E-state index in [4.69, 9.17) is 15.2 Å². The third-order valence-corrected chi connectivity index (χ3v) is 4.83. The first-order valence-electron chi connectivity index (χ1n) is 6.24. The van der Waals surface area contributed by atoms with E-state index in [9.17, 15) is 0 Å². The van der Waals surface area contributed by atoms with Crippen molar-refractivity contribution in [2.45, 2.75) is 6.54 Å². The molecule has 0 aliphatic heterocycles. The van der Waals surface area contributed by atoms with Crippen LogP contribution in [0.25, 0.3) is 11.0 Å². The number of methoxy groups -OCH3 is 2. The summed E-state index contributed by atoms with van der Waals surface area (Å²) in [6.07, 6.45) is 0. The molecule has 3 rings (SSSR count). The molecule has 0 aliphatic rings. The zero-order valence-electron chi connectivity index (χ0n) is 11.6. The third-order valence-electron chi connectivity index (χ3n) is 3.23. The lowest BCUT2D eigenvalue weighted by molar-refractivity contribution is 0.355. The Morgan fingerprint density at radius 2 is 1.95 bits per heavy atom. The van der Waals surface area contributed by atoms with Crippen molar-refractivity contribution in [3.05, 3.63) is 32.9 Å². The van der Waals surface area contributed by atoms with Gasteiger partial charge in [-0.25, -0.2) is 4.98 Å². The second-order valence-corrected chi connectivity index (χ2v) is 7.01. The lowest BCUT2D eigenvalue weighted by Crippen LogP contribution is -2.03. The molecule has 0 saturated heterocycles. The molecule has 0 amide bonds. The number of nitrogen functional groups attached to an aromatic ring is 1. The molecular formula is C14H14BrN3O2S. The molecule has 0 saturated carbocycles. The predicted molar refractivity (Wildman–Crippen MR) is 88.4 cm³/mol. The van der Waals surface area contributed by atoms with Gasteiger partial charge in [0.05, 0.1) is 35.6 Å². The summed E-state index contributed by atoms with van der Waals surface area (Å²) in [6.45, 7) is 0.675. The minimum atomic E-state index is 0.477. The molecule has 3 aromatic rings. The highest BCUT2D eigenvalue weighted by Gasteiger charge is 2.14. The lowest BCUT2D eigenvalue weighted by Gasteiger charge is -2.09. The maximum Gasteiger partial charge on any atom is 0.201 e. The number of hydrogen-bond donors (Lipinski definition) is 1. The summed E-state index contributed by atoms with van der Waals surface area (Å²) in [5, 5.41) is 0. The molecule has 0 radical (unpaired) electrons. The van der Waals surface area contributed by atoms with Crippen LogP contribution in [0.15, 0.2) is 28.1 Å². The van der Waals surface area contributed by atoms with Crippen LogP contribution >= 0.6 is 27.3 Å². The first-order valence-corrected chi connectivity index (χ1v) is 7.85. The van der Waals surface area contributed by atoms with Crippen LogP contribution in [0.4, 0.5) is 5.95 Å². The monoisotopic (exact) mass is 367 g/mol. The number of nitrogens with zero attached hydrogens (tertiary/aromatic N) is 2. The Labute approximate surface area is 134 Å². The Morgan fingerprint density at radius 3 is 2.57 bits per heavy atom. The second-order valence-electron chi connectivity index (χ2n) is 4.46. The minimum Gasteiger partial charge on any atom is -0.493 e. The van der Waals surface area contributed by atoms with Crippen LogP contribution < -0.4 is 15.2 Å². The van der Waals surface area contributed by atoms with Crippen molar-refractivity contribution in [2.24, 2.45) is 0 Å². The Bertz CT molecular complexity index is 797. The number of ether oxygens (including phenoxy) is 2. The number of benzene rings is 1. The smallest absolute Gasteiger partial charge is 0.201 e. The van der Waals surface area contributed by atoms with Crippen LogP contribution in [0.5, 0.6) is 11.5 Å². The van der Waals surface area contributed by atoms with Crippen molar-refractivity contribution in [3.8, 4) is 11.5 Å². The largest absolute Gasteiger partial charge is 0.493 e. The van der Waals surface area contributed by atoms with Crippen LogP contribution in [-0.4, -0.2) is 23.8 Å². The van der Waals surface area contributed by atoms with Gasteiger partial charge in [-0.2, -0.15) is 0 Å². The first kappa shape index (κ1) is 14.2. The van der Waals surface area contributed by atoms with E-state index in [1.165, 1.54) is 4.88 Å². The van der Waals surface area contributed by atoms with Crippen molar-refractivity contribution in [1.29, 1.82) is 0 Å². The highest BCUT2D eigenvalue weighted by molar-refractivity contribution is 9.11. The summed E-state index contributed by atoms with van der Waals surface area (Å²) in [7, 11) is 3.22. The van der Waals surface area contributed by atoms with E-state index >= 15 is 0 Å². The van der Waals surface area contributed by atoms with Crippen molar-refractivity contribution < 1.29 is 9.47 Å². The Morgan fingerprint density at radius 1 is 1.24 bits per heavy atom. The van der Waals surface area contributed by atoms with Crippen molar-refractivity contribution in [2.75, 3.05) is 20.0 Å². The molecule has 0 aliphatic carbocycles. The molecule has 2 heterocycles. The number of imidazole rings is 1. The Hall–Kier alpha value is -1.73. The zero-order valence-corrected chi connectivity index (χ0v) is 14.0. The van der Waals surface area contributed by atoms with Gasteiger partial charge in [0, 0.05) is 17.0 Å². The maximum atomic E-state index is 6.05. The van der Waals surface area contributed by atoms with Crippen molar-refractivity contribution >= 4 is 44.2 Å². The number of fused-ring (bicyclic) bond motifs is 1. The van der Waals surface area contributed by atoms with Crippen molar-refractivity contribution in [3.63, 3.8) is 0 Å². The molecule has 7 heteroatoms. The third kappa shape index (κ3) is 2.58. The van der Waals surface area contributed by atoms with Crippen LogP contribution in [0.1, 0.15) is 4.88 Å². The molecule has 0 bridgehead atoms. The van der Waals surface area contributed by atoms with E-state index in [-0.39, 0.29) is 0 Å². The molecule has 21 heavy (non-hydrogen) atoms. The van der Waals surface area contributed by atoms with E-state index in [2.05, 4.69) is 27.0 Å². The zero-order chi connectivity index (χ0) is 15.0. The van der Waals surface area contributed by atoms with Gasteiger partial charge < -0.3 is 19.8 Å². The minimum absolute atomic E-state index is 0.477. The average Bonchev–Trinajstić information content (AvgIpc) is 3.02. The molecular weight excluding hydrogens is 354 g/mol. The van der Waals surface area contributed by atoms with Gasteiger partial charge in [0.1, 0.15) is 0 Å². The summed E-state index contributed by atoms with van der Waals surface area (Å²) >= 11 is 5.15. The molecule has 2 aromatic heterocycles. The summed E-state index contributed by atoms with van der Waals surface area (Å²) in [6, 6.07) is 7.84. The number of anilines is 1. The Balaban J connectivity index is 2.11. The molecule has 110 valence electrons. The second kappa shape index (κ2) is 5.57. The first-order chi connectivity index (χ1) is 10.1. The SMILES string of the molecule is COc1cc2nc(N)n(Cc3ccc(Br)s3)c2cc1OC. The number of rotatable bonds is 4. The molecule has 0 fully saturated rings. The fourth-order valence-electron chi connectivity index (χ4n) is 2.23. The van der Waals surface area contributed by atoms with Gasteiger partial charge in [-0.15, -0.1) is 11.3 Å². The van der Waals surface area contributed by atoms with E-state index in [1.807, 2.05) is 22.8 Å². The van der Waals surface area contributed by atoms with E-state index < -0.39 is 0 Å². The van der Waals surface area contributed by atoms with Gasteiger partial charge >= 0.3 is 0 Å². The molecule has 1 aromatic carbocycles. The molecule has 5 nitrogen and oxygen atoms in total. The number of nitrogens with two attached hydrogens (primary N) is 1. The number of halogens is 1. The van der Waals surface area contributed by atoms with Crippen LogP contribution in [0.3, 0.4) is 0 Å². The van der Waals surface area contributed by atoms with Gasteiger partial charge in [0.25, 0.3) is 0 Å². The van der Waals surface area contributed by atoms with Gasteiger partial charge in [-0.05, 0) is 28.1 Å². The van der Waals surface area contributed by atoms with E-state index in [1.54, 1.807) is 25.6 Å². The van der Waals surface area contributed by atoms with Gasteiger partial charge in [0.2, 0.25) is 5.95 Å². The fourth-order valence-corrected chi connectivity index (χ4v) is 3.70. The van der Waals surface area contributed by atoms with Crippen LogP contribution in [-0.2, 0) is 6.54 Å². The number of hydrogen-bond acceptors (Lipinski definition) is 5. The number of aromatic nitrogens is 2. The predicted octanol–water partition coefficient (Wildman–Crippen LogP) is 3.51. The Kier molecular flexibility index (Phi) is 3.77. The molecule has 0 atom stereocenters. The summed E-state index contributed by atoms with van der Waals surface area (Å²) in [5.74, 6) is 1.79. The summed E-state index contributed by atoms with van der Waals surface area (Å²) in [4.78, 5) is 5.60. The van der Waals surface area contributed by atoms with Gasteiger partial charge in [0.15, 0.2) is 11.5 Å². The lowest BCUT2D eigenvalue weighted by atomic mass is 10.2. The summed E-state index contributed by atoms with van der Waals surface area (Å²) < 4.78 is 13.7. The average molecular weight is 368 g/mol. The van der Waals surface area contributed by atoms with Crippen LogP contribution in [0.2, 0.25) is 0 Å². The standard InChI is InChI=1S/C14H14BrN3O2S/c1-19-11-5-9-10(6-12(11)20-2)18(14(16)17-9)7-8-3-4-13(15)21-8/h3-6H,7H2,1-2H3,(H2,16,17). The number of thiophene rings is 1. The van der Waals surface area contributed by atoms with Gasteiger partial charge in [-0.1, -0.05) is 0 Å². The van der Waals surface area contributed by atoms with Crippen LogP contribution in [0, 0.1) is 0 Å². The van der Waals surface area contributed by atoms with E-state index in [0.717, 1.165) is 14.8 Å². The highest BCUT2D eigenvalue weighted by atomic mass is 79.9. The molecule has 0 spiro atoms. The topological polar surface area (TPSA) is 62.3 Å². The van der Waals surface area contributed by atoms with Crippen molar-refractivity contribution in [1.82, 2.24) is 9.55 Å². The highest BCUT2D eigenvalue weighted by Crippen LogP contribution is 2.33. The molecule has 2 N–H and O–H groups in total. The van der Waals surface area contributed by atoms with Gasteiger partial charge in [-0.3, -0.25) is 0 Å². The maximum absolute atomic E-state index is 6.05. The quantitative estimate of drug-likeness (QED) is 0.766. The molecule has 0 unspecified atom stereocenters. The normalized spacial score (nSPS) is 11.0.